The maximum absolute atomic E-state index is 11.9. The van der Waals surface area contributed by atoms with Crippen molar-refractivity contribution in [3.8, 4) is 0 Å². The van der Waals surface area contributed by atoms with Gasteiger partial charge in [-0.2, -0.15) is 0 Å². The molecule has 0 aromatic rings. The van der Waals surface area contributed by atoms with Gasteiger partial charge in [0.2, 0.25) is 0 Å². The van der Waals surface area contributed by atoms with Crippen LogP contribution in [0, 0.1) is 11.8 Å². The van der Waals surface area contributed by atoms with E-state index in [1.54, 1.807) is 11.8 Å². The van der Waals surface area contributed by atoms with E-state index in [4.69, 9.17) is 9.47 Å². The highest BCUT2D eigenvalue weighted by Gasteiger charge is 2.39. The Balaban J connectivity index is 2.58. The van der Waals surface area contributed by atoms with Crippen molar-refractivity contribution in [3.63, 3.8) is 0 Å². The quantitative estimate of drug-likeness (QED) is 0.710. The van der Waals surface area contributed by atoms with E-state index in [0.717, 1.165) is 0 Å². The van der Waals surface area contributed by atoms with Gasteiger partial charge in [0.15, 0.2) is 0 Å². The Bertz CT molecular complexity index is 321. The van der Waals surface area contributed by atoms with Gasteiger partial charge in [-0.15, -0.1) is 0 Å². The molecule has 0 radical (unpaired) electrons. The van der Waals surface area contributed by atoms with Gasteiger partial charge in [0.1, 0.15) is 5.60 Å². The third-order valence-corrected chi connectivity index (χ3v) is 2.85. The van der Waals surface area contributed by atoms with Crippen molar-refractivity contribution in [2.24, 2.45) is 11.8 Å². The van der Waals surface area contributed by atoms with E-state index in [0.29, 0.717) is 19.7 Å². The van der Waals surface area contributed by atoms with Gasteiger partial charge in [0, 0.05) is 13.1 Å². The Kier molecular flexibility index (Phi) is 4.59. The van der Waals surface area contributed by atoms with Crippen LogP contribution in [-0.4, -0.2) is 42.3 Å². The molecule has 5 nitrogen and oxygen atoms in total. The maximum Gasteiger partial charge on any atom is 0.410 e. The number of hydrogen-bond donors (Lipinski definition) is 0. The lowest BCUT2D eigenvalue weighted by molar-refractivity contribution is -0.148. The van der Waals surface area contributed by atoms with Crippen molar-refractivity contribution in [1.29, 1.82) is 0 Å². The second-order valence-electron chi connectivity index (χ2n) is 5.72. The van der Waals surface area contributed by atoms with Gasteiger partial charge < -0.3 is 14.4 Å². The Morgan fingerprint density at radius 2 is 1.89 bits per heavy atom. The van der Waals surface area contributed by atoms with Crippen molar-refractivity contribution >= 4 is 12.1 Å². The van der Waals surface area contributed by atoms with Crippen LogP contribution in [0.5, 0.6) is 0 Å². The van der Waals surface area contributed by atoms with Crippen molar-refractivity contribution in [2.75, 3.05) is 19.7 Å². The number of hydrogen-bond acceptors (Lipinski definition) is 4. The number of nitrogens with zero attached hydrogens (tertiary/aromatic N) is 1. The van der Waals surface area contributed by atoms with Crippen molar-refractivity contribution in [1.82, 2.24) is 4.90 Å². The second-order valence-corrected chi connectivity index (χ2v) is 5.72. The first-order chi connectivity index (χ1) is 8.24. The molecule has 1 rings (SSSR count). The highest BCUT2D eigenvalue weighted by atomic mass is 16.6. The summed E-state index contributed by atoms with van der Waals surface area (Å²) in [4.78, 5) is 25.2. The van der Waals surface area contributed by atoms with Crippen molar-refractivity contribution < 1.29 is 19.1 Å². The number of carbonyl (C=O) groups excluding carboxylic acids is 2. The summed E-state index contributed by atoms with van der Waals surface area (Å²) in [6.45, 7) is 10.5. The van der Waals surface area contributed by atoms with E-state index in [1.165, 1.54) is 0 Å². The number of rotatable bonds is 2. The fourth-order valence-corrected chi connectivity index (χ4v) is 2.00. The molecule has 1 heterocycles. The van der Waals surface area contributed by atoms with Crippen LogP contribution in [0.1, 0.15) is 34.6 Å². The zero-order chi connectivity index (χ0) is 13.9. The minimum absolute atomic E-state index is 0.108. The zero-order valence-electron chi connectivity index (χ0n) is 11.9. The Labute approximate surface area is 108 Å². The topological polar surface area (TPSA) is 55.8 Å². The standard InChI is InChI=1S/C13H23NO4/c1-6-17-11(15)10-8-14(7-9(10)2)12(16)18-13(3,4)5/h9-10H,6-8H2,1-5H3. The van der Waals surface area contributed by atoms with Crippen molar-refractivity contribution in [3.05, 3.63) is 0 Å². The summed E-state index contributed by atoms with van der Waals surface area (Å²) in [5.41, 5.74) is -0.512. The Hall–Kier alpha value is -1.26. The SMILES string of the molecule is CCOC(=O)C1CN(C(=O)OC(C)(C)C)CC1C. The zero-order valence-corrected chi connectivity index (χ0v) is 11.9. The van der Waals surface area contributed by atoms with Crippen LogP contribution in [0.3, 0.4) is 0 Å². The van der Waals surface area contributed by atoms with Gasteiger partial charge in [-0.05, 0) is 33.6 Å². The summed E-state index contributed by atoms with van der Waals surface area (Å²) in [6.07, 6.45) is -0.360. The Morgan fingerprint density at radius 3 is 2.39 bits per heavy atom. The number of esters is 1. The maximum atomic E-state index is 11.9. The first kappa shape index (κ1) is 14.8. The molecule has 0 aromatic heterocycles. The molecule has 2 unspecified atom stereocenters. The van der Waals surface area contributed by atoms with Gasteiger partial charge >= 0.3 is 12.1 Å². The third-order valence-electron chi connectivity index (χ3n) is 2.85. The monoisotopic (exact) mass is 257 g/mol. The summed E-state index contributed by atoms with van der Waals surface area (Å²) in [5, 5.41) is 0. The molecule has 5 heteroatoms. The molecule has 2 atom stereocenters. The van der Waals surface area contributed by atoms with Gasteiger partial charge in [0.05, 0.1) is 12.5 Å². The minimum atomic E-state index is -0.512. The molecule has 1 aliphatic heterocycles. The van der Waals surface area contributed by atoms with E-state index < -0.39 is 5.60 Å². The summed E-state index contributed by atoms with van der Waals surface area (Å²) < 4.78 is 10.3. The lowest BCUT2D eigenvalue weighted by atomic mass is 9.99. The molecular weight excluding hydrogens is 234 g/mol. The molecule has 1 saturated heterocycles. The lowest BCUT2D eigenvalue weighted by Crippen LogP contribution is -2.36. The summed E-state index contributed by atoms with van der Waals surface area (Å²) in [6, 6.07) is 0. The van der Waals surface area contributed by atoms with E-state index in [-0.39, 0.29) is 23.9 Å². The predicted molar refractivity (Wildman–Crippen MR) is 67.1 cm³/mol. The largest absolute Gasteiger partial charge is 0.466 e. The molecular formula is C13H23NO4. The second kappa shape index (κ2) is 5.59. The molecule has 104 valence electrons. The van der Waals surface area contributed by atoms with E-state index in [9.17, 15) is 9.59 Å². The van der Waals surface area contributed by atoms with E-state index >= 15 is 0 Å². The molecule has 0 aliphatic carbocycles. The molecule has 1 aliphatic rings. The highest BCUT2D eigenvalue weighted by molar-refractivity contribution is 5.76. The number of likely N-dealkylation sites (tertiary alicyclic amines) is 1. The lowest BCUT2D eigenvalue weighted by Gasteiger charge is -2.24. The average Bonchev–Trinajstić information content (AvgIpc) is 2.58. The molecule has 0 aromatic carbocycles. The van der Waals surface area contributed by atoms with Gasteiger partial charge in [0.25, 0.3) is 0 Å². The van der Waals surface area contributed by atoms with E-state index in [2.05, 4.69) is 0 Å². The first-order valence-electron chi connectivity index (χ1n) is 6.39. The average molecular weight is 257 g/mol. The molecule has 0 N–H and O–H groups in total. The molecule has 1 fully saturated rings. The smallest absolute Gasteiger partial charge is 0.410 e. The first-order valence-corrected chi connectivity index (χ1v) is 6.39. The van der Waals surface area contributed by atoms with Crippen molar-refractivity contribution in [2.45, 2.75) is 40.2 Å². The van der Waals surface area contributed by atoms with Crippen LogP contribution in [0.4, 0.5) is 4.79 Å². The van der Waals surface area contributed by atoms with Crippen LogP contribution < -0.4 is 0 Å². The van der Waals surface area contributed by atoms with Crippen LogP contribution in [-0.2, 0) is 14.3 Å². The molecule has 0 bridgehead atoms. The molecule has 0 spiro atoms. The summed E-state index contributed by atoms with van der Waals surface area (Å²) in [5.74, 6) is -0.356. The molecule has 1 amide bonds. The summed E-state index contributed by atoms with van der Waals surface area (Å²) >= 11 is 0. The Morgan fingerprint density at radius 1 is 1.28 bits per heavy atom. The molecule has 18 heavy (non-hydrogen) atoms. The van der Waals surface area contributed by atoms with Crippen LogP contribution in [0.2, 0.25) is 0 Å². The van der Waals surface area contributed by atoms with Gasteiger partial charge in [-0.3, -0.25) is 4.79 Å². The third kappa shape index (κ3) is 3.89. The molecule has 0 saturated carbocycles. The van der Waals surface area contributed by atoms with Crippen LogP contribution >= 0.6 is 0 Å². The fraction of sp³-hybridized carbons (Fsp3) is 0.846. The fourth-order valence-electron chi connectivity index (χ4n) is 2.00. The normalized spacial score (nSPS) is 23.9. The number of ether oxygens (including phenoxy) is 2. The van der Waals surface area contributed by atoms with Crippen LogP contribution in [0.25, 0.3) is 0 Å². The predicted octanol–water partition coefficient (Wildman–Crippen LogP) is 2.05. The number of carbonyl (C=O) groups is 2. The highest BCUT2D eigenvalue weighted by Crippen LogP contribution is 2.25. The number of amides is 1. The summed E-state index contributed by atoms with van der Waals surface area (Å²) in [7, 11) is 0. The minimum Gasteiger partial charge on any atom is -0.466 e. The van der Waals surface area contributed by atoms with Crippen LogP contribution in [0.15, 0.2) is 0 Å². The van der Waals surface area contributed by atoms with Gasteiger partial charge in [-0.25, -0.2) is 4.79 Å². The van der Waals surface area contributed by atoms with E-state index in [1.807, 2.05) is 27.7 Å². The van der Waals surface area contributed by atoms with Gasteiger partial charge in [-0.1, -0.05) is 6.92 Å².